The van der Waals surface area contributed by atoms with Crippen molar-refractivity contribution in [1.82, 2.24) is 4.57 Å². The number of fused-ring (bicyclic) bond motifs is 1. The maximum Gasteiger partial charge on any atom is 0.332 e. The molecular weight excluding hydrogens is 492 g/mol. The van der Waals surface area contributed by atoms with Gasteiger partial charge in [-0.25, -0.2) is 4.79 Å². The number of methoxy groups -OCH3 is 2. The second kappa shape index (κ2) is 10.2. The molecule has 2 aromatic carbocycles. The summed E-state index contributed by atoms with van der Waals surface area (Å²) in [6.45, 7) is 3.90. The molecule has 0 aliphatic carbocycles. The van der Waals surface area contributed by atoms with Crippen molar-refractivity contribution in [1.29, 1.82) is 5.26 Å². The molecule has 1 atom stereocenters. The molecule has 1 aliphatic rings. The zero-order valence-electron chi connectivity index (χ0n) is 20.6. The minimum Gasteiger partial charge on any atom is -0.497 e. The van der Waals surface area contributed by atoms with Crippen LogP contribution in [0.3, 0.4) is 0 Å². The summed E-state index contributed by atoms with van der Waals surface area (Å²) in [5.41, 5.74) is 9.07. The van der Waals surface area contributed by atoms with Crippen LogP contribution < -0.4 is 30.5 Å². The predicted octanol–water partition coefficient (Wildman–Crippen LogP) is 1.73. The lowest BCUT2D eigenvalue weighted by atomic mass is 9.83. The minimum absolute atomic E-state index is 0.0184. The Hall–Kier alpha value is -4.62. The molecular formula is C27H24N4O5S. The lowest BCUT2D eigenvalue weighted by Crippen LogP contribution is -2.40. The number of allylic oxidation sites excluding steroid dienone is 1. The first-order valence-corrected chi connectivity index (χ1v) is 12.0. The number of esters is 1. The molecule has 0 fully saturated rings. The average molecular weight is 517 g/mol. The fourth-order valence-electron chi connectivity index (χ4n) is 4.11. The van der Waals surface area contributed by atoms with Gasteiger partial charge in [-0.3, -0.25) is 14.2 Å². The first-order valence-electron chi connectivity index (χ1n) is 11.2. The zero-order valence-corrected chi connectivity index (χ0v) is 21.4. The van der Waals surface area contributed by atoms with Gasteiger partial charge in [-0.15, -0.1) is 11.3 Å². The molecule has 0 spiro atoms. The Labute approximate surface area is 216 Å². The predicted molar refractivity (Wildman–Crippen MR) is 141 cm³/mol. The number of anilines is 1. The highest BCUT2D eigenvalue weighted by molar-refractivity contribution is 7.07. The molecule has 3 aromatic rings. The molecule has 37 heavy (non-hydrogen) atoms. The number of thiazole rings is 1. The van der Waals surface area contributed by atoms with Crippen LogP contribution in [-0.4, -0.2) is 30.7 Å². The monoisotopic (exact) mass is 516 g/mol. The van der Waals surface area contributed by atoms with E-state index in [1.165, 1.54) is 14.2 Å². The fourth-order valence-corrected chi connectivity index (χ4v) is 5.24. The van der Waals surface area contributed by atoms with E-state index in [1.807, 2.05) is 26.0 Å². The Morgan fingerprint density at radius 2 is 1.92 bits per heavy atom. The molecule has 1 aliphatic heterocycles. The number of aryl methyl sites for hydroxylation is 2. The maximum atomic E-state index is 13.9. The number of hydrogen-bond donors (Lipinski definition) is 2. The molecule has 2 heterocycles. The number of nitriles is 1. The summed E-state index contributed by atoms with van der Waals surface area (Å²) in [6, 6.07) is 14.5. The third-order valence-electron chi connectivity index (χ3n) is 6.16. The molecule has 0 saturated carbocycles. The van der Waals surface area contributed by atoms with E-state index in [1.54, 1.807) is 30.3 Å². The average Bonchev–Trinajstić information content (AvgIpc) is 3.21. The number of nitrogens with one attached hydrogen (secondary N) is 1. The lowest BCUT2D eigenvalue weighted by molar-refractivity contribution is -0.133. The molecule has 9 nitrogen and oxygen atoms in total. The van der Waals surface area contributed by atoms with Gasteiger partial charge in [0, 0.05) is 11.8 Å². The van der Waals surface area contributed by atoms with Crippen molar-refractivity contribution < 1.29 is 19.1 Å². The van der Waals surface area contributed by atoms with Crippen LogP contribution in [0, 0.1) is 25.2 Å². The van der Waals surface area contributed by atoms with Gasteiger partial charge in [0.1, 0.15) is 20.8 Å². The summed E-state index contributed by atoms with van der Waals surface area (Å²) >= 11 is 0.924. The van der Waals surface area contributed by atoms with E-state index >= 15 is 0 Å². The van der Waals surface area contributed by atoms with Gasteiger partial charge in [0.2, 0.25) is 0 Å². The third-order valence-corrected chi connectivity index (χ3v) is 7.26. The van der Waals surface area contributed by atoms with E-state index in [2.05, 4.69) is 16.1 Å². The normalized spacial score (nSPS) is 15.2. The molecule has 1 amide bonds. The number of carbonyl (C=O) groups excluding carboxylic acids is 2. The lowest BCUT2D eigenvalue weighted by Gasteiger charge is -2.25. The quantitative estimate of drug-likeness (QED) is 0.493. The topological polar surface area (TPSA) is 136 Å². The van der Waals surface area contributed by atoms with Crippen LogP contribution in [0.1, 0.15) is 22.6 Å². The molecule has 188 valence electrons. The number of rotatable bonds is 5. The number of aromatic nitrogens is 1. The molecule has 3 N–H and O–H groups in total. The van der Waals surface area contributed by atoms with Crippen molar-refractivity contribution in [2.24, 2.45) is 5.73 Å². The van der Waals surface area contributed by atoms with Gasteiger partial charge in [0.15, 0.2) is 0 Å². The molecule has 0 saturated heterocycles. The first kappa shape index (κ1) is 25.5. The van der Waals surface area contributed by atoms with Crippen molar-refractivity contribution in [3.63, 3.8) is 0 Å². The molecule has 4 rings (SSSR count). The van der Waals surface area contributed by atoms with Crippen molar-refractivity contribution in [3.8, 4) is 11.8 Å². The highest BCUT2D eigenvalue weighted by atomic mass is 32.1. The first-order chi connectivity index (χ1) is 17.7. The largest absolute Gasteiger partial charge is 0.497 e. The SMILES string of the molecule is COC(=O)/C=c1\sc2n(c1=O)C(N)=C(C#N)[C@H](c1cccc(OC)c1)C=2C(=O)Nc1ccc(C)c(C)c1. The van der Waals surface area contributed by atoms with E-state index in [4.69, 9.17) is 10.5 Å². The van der Waals surface area contributed by atoms with Gasteiger partial charge in [0.25, 0.3) is 11.5 Å². The van der Waals surface area contributed by atoms with Crippen LogP contribution in [0.25, 0.3) is 17.5 Å². The summed E-state index contributed by atoms with van der Waals surface area (Å²) in [5, 5.41) is 13.0. The van der Waals surface area contributed by atoms with Gasteiger partial charge in [-0.05, 0) is 54.8 Å². The number of benzene rings is 2. The van der Waals surface area contributed by atoms with Crippen molar-refractivity contribution in [2.45, 2.75) is 19.8 Å². The van der Waals surface area contributed by atoms with Gasteiger partial charge >= 0.3 is 5.97 Å². The van der Waals surface area contributed by atoms with Crippen molar-refractivity contribution in [3.05, 3.63) is 84.3 Å². The van der Waals surface area contributed by atoms with E-state index in [0.29, 0.717) is 17.0 Å². The smallest absolute Gasteiger partial charge is 0.332 e. The summed E-state index contributed by atoms with van der Waals surface area (Å²) in [5.74, 6) is -1.73. The number of amides is 1. The summed E-state index contributed by atoms with van der Waals surface area (Å²) < 4.78 is 11.4. The molecule has 0 unspecified atom stereocenters. The minimum atomic E-state index is -0.893. The van der Waals surface area contributed by atoms with Crippen molar-refractivity contribution >= 4 is 46.4 Å². The maximum absolute atomic E-state index is 13.9. The molecule has 0 radical (unpaired) electrons. The van der Waals surface area contributed by atoms with E-state index in [-0.39, 0.29) is 26.2 Å². The Morgan fingerprint density at radius 1 is 1.16 bits per heavy atom. The van der Waals surface area contributed by atoms with Crippen LogP contribution >= 0.6 is 11.3 Å². The number of hydrogen-bond acceptors (Lipinski definition) is 8. The second-order valence-corrected chi connectivity index (χ2v) is 9.40. The van der Waals surface area contributed by atoms with Crippen molar-refractivity contribution in [2.75, 3.05) is 19.5 Å². The standard InChI is InChI=1S/C27H24N4O5S/c1-14-8-9-17(10-15(14)2)30-25(33)23-22(16-6-5-7-18(11-16)35-3)19(13-28)24(29)31-26(34)20(37-27(23)31)12-21(32)36-4/h5-12,22H,29H2,1-4H3,(H,30,33)/b20-12-/t22-/m0/s1. The van der Waals surface area contributed by atoms with Gasteiger partial charge < -0.3 is 20.5 Å². The molecule has 10 heteroatoms. The number of carbonyl (C=O) groups is 2. The van der Waals surface area contributed by atoms with Crippen LogP contribution in [0.4, 0.5) is 5.69 Å². The fraction of sp³-hybridized carbons (Fsp3) is 0.185. The van der Waals surface area contributed by atoms with E-state index < -0.39 is 23.4 Å². The Balaban J connectivity index is 2.05. The van der Waals surface area contributed by atoms with Crippen LogP contribution in [0.2, 0.25) is 0 Å². The Morgan fingerprint density at radius 3 is 2.57 bits per heavy atom. The Kier molecular flexibility index (Phi) is 7.00. The molecule has 1 aromatic heterocycles. The summed E-state index contributed by atoms with van der Waals surface area (Å²) in [7, 11) is 2.71. The highest BCUT2D eigenvalue weighted by Crippen LogP contribution is 2.37. The number of nitrogens with zero attached hydrogens (tertiary/aromatic N) is 2. The Bertz CT molecular complexity index is 1690. The third kappa shape index (κ3) is 4.64. The van der Waals surface area contributed by atoms with Crippen LogP contribution in [0.15, 0.2) is 52.8 Å². The second-order valence-electron chi connectivity index (χ2n) is 8.37. The highest BCUT2D eigenvalue weighted by Gasteiger charge is 2.36. The number of ether oxygens (including phenoxy) is 2. The summed E-state index contributed by atoms with van der Waals surface area (Å²) in [6.07, 6.45) is 1.04. The van der Waals surface area contributed by atoms with E-state index in [9.17, 15) is 19.6 Å². The van der Waals surface area contributed by atoms with Crippen LogP contribution in [-0.2, 0) is 14.3 Å². The van der Waals surface area contributed by atoms with E-state index in [0.717, 1.165) is 33.1 Å². The number of nitrogens with two attached hydrogens (primary N) is 1. The van der Waals surface area contributed by atoms with Crippen LogP contribution in [0.5, 0.6) is 5.75 Å². The van der Waals surface area contributed by atoms with Gasteiger partial charge in [0.05, 0.1) is 37.4 Å². The zero-order chi connectivity index (χ0) is 26.9. The van der Waals surface area contributed by atoms with Gasteiger partial charge in [-0.1, -0.05) is 18.2 Å². The molecule has 0 bridgehead atoms. The van der Waals surface area contributed by atoms with Gasteiger partial charge in [-0.2, -0.15) is 5.26 Å². The summed E-state index contributed by atoms with van der Waals surface area (Å²) in [4.78, 5) is 39.0.